The first-order chi connectivity index (χ1) is 2.89. The lowest BCUT2D eigenvalue weighted by atomic mass is 10.5. The average Bonchev–Trinajstić information content (AvgIpc) is 1.86. The molecule has 0 aromatic heterocycles. The van der Waals surface area contributed by atoms with Crippen molar-refractivity contribution in [2.45, 2.75) is 0 Å². The summed E-state index contributed by atoms with van der Waals surface area (Å²) in [4.78, 5) is 0.926. The fraction of sp³-hybridized carbons (Fsp3) is 0. The molecule has 0 N–H and O–H groups in total. The van der Waals surface area contributed by atoms with Crippen LogP contribution in [0.25, 0.3) is 0 Å². The second-order valence-corrected chi connectivity index (χ2v) is 1.59. The van der Waals surface area contributed by atoms with E-state index in [4.69, 9.17) is 12.2 Å². The van der Waals surface area contributed by atoms with Crippen LogP contribution in [0.3, 0.4) is 0 Å². The quantitative estimate of drug-likeness (QED) is 0.412. The molecule has 0 aromatic carbocycles. The maximum Gasteiger partial charge on any atom is 0.0377 e. The molecule has 1 rings (SSSR count). The van der Waals surface area contributed by atoms with Gasteiger partial charge in [0.15, 0.2) is 0 Å². The lowest BCUT2D eigenvalue weighted by Crippen LogP contribution is -1.69. The van der Waals surface area contributed by atoms with Gasteiger partial charge in [-0.15, -0.1) is 0 Å². The van der Waals surface area contributed by atoms with Crippen LogP contribution in [0.15, 0.2) is 24.3 Å². The summed E-state index contributed by atoms with van der Waals surface area (Å²) < 4.78 is 0. The molecule has 0 aromatic rings. The molecule has 30 valence electrons. The van der Waals surface area contributed by atoms with Crippen molar-refractivity contribution in [3.8, 4) is 0 Å². The zero-order valence-electron chi connectivity index (χ0n) is 3.22. The molecular weight excluding hydrogens is 92.1 g/mol. The highest BCUT2D eigenvalue weighted by Crippen LogP contribution is 1.92. The monoisotopic (exact) mass is 96.0 g/mol. The Hall–Kier alpha value is -0.430. The van der Waals surface area contributed by atoms with Gasteiger partial charge < -0.3 is 0 Å². The number of allylic oxidation sites excluding steroid dienone is 4. The van der Waals surface area contributed by atoms with E-state index in [9.17, 15) is 0 Å². The zero-order valence-corrected chi connectivity index (χ0v) is 4.03. The lowest BCUT2D eigenvalue weighted by molar-refractivity contribution is 2.15. The first-order valence-electron chi connectivity index (χ1n) is 1.78. The fourth-order valence-corrected chi connectivity index (χ4v) is 0.513. The highest BCUT2D eigenvalue weighted by atomic mass is 32.1. The molecule has 1 aliphatic rings. The fourth-order valence-electron chi connectivity index (χ4n) is 0.356. The number of thiocarbonyl (C=S) groups is 1. The zero-order chi connectivity index (χ0) is 4.41. The van der Waals surface area contributed by atoms with E-state index < -0.39 is 0 Å². The molecule has 0 aliphatic heterocycles. The van der Waals surface area contributed by atoms with Crippen LogP contribution in [-0.4, -0.2) is 4.86 Å². The van der Waals surface area contributed by atoms with Crippen molar-refractivity contribution in [1.82, 2.24) is 0 Å². The Kier molecular flexibility index (Phi) is 0.843. The van der Waals surface area contributed by atoms with E-state index >= 15 is 0 Å². The van der Waals surface area contributed by atoms with E-state index in [1.807, 2.05) is 24.3 Å². The van der Waals surface area contributed by atoms with E-state index in [1.54, 1.807) is 0 Å². The van der Waals surface area contributed by atoms with Gasteiger partial charge in [-0.25, -0.2) is 0 Å². The molecule has 0 saturated carbocycles. The molecule has 0 bridgehead atoms. The van der Waals surface area contributed by atoms with Crippen molar-refractivity contribution in [2.24, 2.45) is 0 Å². The van der Waals surface area contributed by atoms with Crippen molar-refractivity contribution in [3.63, 3.8) is 0 Å². The van der Waals surface area contributed by atoms with Gasteiger partial charge >= 0.3 is 0 Å². The van der Waals surface area contributed by atoms with Gasteiger partial charge in [0.2, 0.25) is 0 Å². The van der Waals surface area contributed by atoms with E-state index in [1.165, 1.54) is 0 Å². The molecule has 0 spiro atoms. The highest BCUT2D eigenvalue weighted by molar-refractivity contribution is 7.81. The second-order valence-electron chi connectivity index (χ2n) is 1.12. The van der Waals surface area contributed by atoms with Gasteiger partial charge in [-0.2, -0.15) is 0 Å². The van der Waals surface area contributed by atoms with Gasteiger partial charge in [0.1, 0.15) is 0 Å². The summed E-state index contributed by atoms with van der Waals surface area (Å²) >= 11 is 4.75. The van der Waals surface area contributed by atoms with Crippen LogP contribution in [0, 0.1) is 0 Å². The average molecular weight is 96.2 g/mol. The van der Waals surface area contributed by atoms with Crippen LogP contribution in [0.4, 0.5) is 0 Å². The predicted octanol–water partition coefficient (Wildman–Crippen LogP) is 1.48. The Bertz CT molecular complexity index is 106. The van der Waals surface area contributed by atoms with Gasteiger partial charge in [-0.3, -0.25) is 0 Å². The largest absolute Gasteiger partial charge is 0.0801 e. The van der Waals surface area contributed by atoms with E-state index in [0.717, 1.165) is 4.86 Å². The number of rotatable bonds is 0. The Morgan fingerprint density at radius 1 is 1.17 bits per heavy atom. The van der Waals surface area contributed by atoms with Crippen LogP contribution < -0.4 is 0 Å². The van der Waals surface area contributed by atoms with Crippen molar-refractivity contribution in [1.29, 1.82) is 0 Å². The molecule has 0 atom stereocenters. The third-order valence-corrected chi connectivity index (χ3v) is 0.904. The maximum absolute atomic E-state index is 4.75. The first-order valence-corrected chi connectivity index (χ1v) is 2.19. The van der Waals surface area contributed by atoms with Crippen LogP contribution in [0.2, 0.25) is 0 Å². The van der Waals surface area contributed by atoms with E-state index in [2.05, 4.69) is 0 Å². The lowest BCUT2D eigenvalue weighted by Gasteiger charge is -1.67. The smallest absolute Gasteiger partial charge is 0.0377 e. The SMILES string of the molecule is S=C1C=CC=C1. The van der Waals surface area contributed by atoms with Crippen molar-refractivity contribution in [3.05, 3.63) is 24.3 Å². The van der Waals surface area contributed by atoms with Crippen LogP contribution in [-0.2, 0) is 0 Å². The molecule has 6 heavy (non-hydrogen) atoms. The summed E-state index contributed by atoms with van der Waals surface area (Å²) in [6.45, 7) is 0. The minimum Gasteiger partial charge on any atom is -0.0801 e. The highest BCUT2D eigenvalue weighted by Gasteiger charge is 1.83. The minimum absolute atomic E-state index is 0.926. The third kappa shape index (κ3) is 0.546. The Morgan fingerprint density at radius 3 is 1.83 bits per heavy atom. The Balaban J connectivity index is 2.86. The first kappa shape index (κ1) is 3.75. The van der Waals surface area contributed by atoms with Crippen molar-refractivity contribution >= 4 is 17.1 Å². The summed E-state index contributed by atoms with van der Waals surface area (Å²) in [5, 5.41) is 0. The van der Waals surface area contributed by atoms with E-state index in [0.29, 0.717) is 0 Å². The van der Waals surface area contributed by atoms with Gasteiger partial charge in [-0.05, 0) is 12.2 Å². The normalized spacial score (nSPS) is 17.0. The summed E-state index contributed by atoms with van der Waals surface area (Å²) in [7, 11) is 0. The standard InChI is InChI=1S/C5H4S/c6-5-3-1-2-4-5/h1-4H. The second kappa shape index (κ2) is 1.35. The van der Waals surface area contributed by atoms with E-state index in [-0.39, 0.29) is 0 Å². The van der Waals surface area contributed by atoms with Gasteiger partial charge in [0, 0.05) is 4.86 Å². The van der Waals surface area contributed by atoms with Gasteiger partial charge in [-0.1, -0.05) is 24.4 Å². The molecule has 0 nitrogen and oxygen atoms in total. The van der Waals surface area contributed by atoms with Gasteiger partial charge in [0.25, 0.3) is 0 Å². The molecule has 0 heterocycles. The Labute approximate surface area is 42.2 Å². The number of hydrogen-bond acceptors (Lipinski definition) is 1. The van der Waals surface area contributed by atoms with Crippen molar-refractivity contribution < 1.29 is 0 Å². The molecule has 0 amide bonds. The van der Waals surface area contributed by atoms with Crippen LogP contribution in [0.1, 0.15) is 0 Å². The summed E-state index contributed by atoms with van der Waals surface area (Å²) in [5.41, 5.74) is 0. The molecule has 1 aliphatic carbocycles. The molecular formula is C5H4S. The van der Waals surface area contributed by atoms with Crippen molar-refractivity contribution in [2.75, 3.05) is 0 Å². The summed E-state index contributed by atoms with van der Waals surface area (Å²) in [6, 6.07) is 0. The molecule has 1 heteroatoms. The summed E-state index contributed by atoms with van der Waals surface area (Å²) in [6.07, 6.45) is 7.66. The molecule has 0 radical (unpaired) electrons. The molecule has 0 fully saturated rings. The van der Waals surface area contributed by atoms with Crippen LogP contribution in [0.5, 0.6) is 0 Å². The molecule has 0 saturated heterocycles. The van der Waals surface area contributed by atoms with Gasteiger partial charge in [0.05, 0.1) is 0 Å². The maximum atomic E-state index is 4.75. The number of hydrogen-bond donors (Lipinski definition) is 0. The predicted molar refractivity (Wildman–Crippen MR) is 30.9 cm³/mol. The molecule has 0 unspecified atom stereocenters. The topological polar surface area (TPSA) is 0 Å². The third-order valence-electron chi connectivity index (χ3n) is 0.632. The Morgan fingerprint density at radius 2 is 1.67 bits per heavy atom. The minimum atomic E-state index is 0.926. The van der Waals surface area contributed by atoms with Crippen LogP contribution >= 0.6 is 12.2 Å². The summed E-state index contributed by atoms with van der Waals surface area (Å²) in [5.74, 6) is 0.